The molecular formula is C23H17N3O3. The number of oxime groups is 1. The van der Waals surface area contributed by atoms with Gasteiger partial charge >= 0.3 is 0 Å². The van der Waals surface area contributed by atoms with E-state index in [9.17, 15) is 4.79 Å². The molecular weight excluding hydrogens is 366 g/mol. The fourth-order valence-electron chi connectivity index (χ4n) is 3.25. The molecule has 1 aromatic heterocycles. The van der Waals surface area contributed by atoms with E-state index in [-0.39, 0.29) is 12.0 Å². The van der Waals surface area contributed by atoms with Gasteiger partial charge in [-0.3, -0.25) is 4.79 Å². The summed E-state index contributed by atoms with van der Waals surface area (Å²) in [6.45, 7) is 0. The first-order valence-corrected chi connectivity index (χ1v) is 9.31. The van der Waals surface area contributed by atoms with Gasteiger partial charge in [0.05, 0.1) is 0 Å². The molecule has 4 aromatic rings. The zero-order valence-corrected chi connectivity index (χ0v) is 15.4. The van der Waals surface area contributed by atoms with Crippen molar-refractivity contribution in [3.63, 3.8) is 0 Å². The fourth-order valence-corrected chi connectivity index (χ4v) is 3.25. The zero-order valence-electron chi connectivity index (χ0n) is 15.4. The van der Waals surface area contributed by atoms with E-state index in [1.165, 1.54) is 0 Å². The third-order valence-corrected chi connectivity index (χ3v) is 4.79. The highest BCUT2D eigenvalue weighted by Crippen LogP contribution is 2.28. The van der Waals surface area contributed by atoms with Crippen molar-refractivity contribution in [2.24, 2.45) is 5.16 Å². The highest BCUT2D eigenvalue weighted by molar-refractivity contribution is 6.43. The second-order valence-corrected chi connectivity index (χ2v) is 6.77. The Morgan fingerprint density at radius 3 is 2.48 bits per heavy atom. The van der Waals surface area contributed by atoms with E-state index in [0.717, 1.165) is 22.2 Å². The summed E-state index contributed by atoms with van der Waals surface area (Å²) in [5, 5.41) is 6.82. The lowest BCUT2D eigenvalue weighted by Crippen LogP contribution is -2.21. The van der Waals surface area contributed by atoms with Crippen molar-refractivity contribution in [2.75, 3.05) is 5.32 Å². The number of anilines is 1. The van der Waals surface area contributed by atoms with Crippen LogP contribution in [0, 0.1) is 0 Å². The minimum Gasteiger partial charge on any atom is -0.436 e. The number of para-hydroxylation sites is 2. The summed E-state index contributed by atoms with van der Waals surface area (Å²) in [5.41, 5.74) is 4.44. The number of hydrogen-bond donors (Lipinski definition) is 1. The number of fused-ring (bicyclic) bond motifs is 1. The number of amides is 1. The Kier molecular flexibility index (Phi) is 4.29. The molecule has 0 radical (unpaired) electrons. The van der Waals surface area contributed by atoms with E-state index in [1.807, 2.05) is 78.9 Å². The lowest BCUT2D eigenvalue weighted by atomic mass is 10.0. The predicted octanol–water partition coefficient (Wildman–Crippen LogP) is 4.95. The smallest absolute Gasteiger partial charge is 0.273 e. The summed E-state index contributed by atoms with van der Waals surface area (Å²) in [5.74, 6) is 0.279. The first kappa shape index (κ1) is 17.2. The number of hydrogen-bond acceptors (Lipinski definition) is 5. The highest BCUT2D eigenvalue weighted by Gasteiger charge is 2.27. The van der Waals surface area contributed by atoms with Crippen LogP contribution in [0.4, 0.5) is 5.69 Å². The molecule has 1 atom stereocenters. The van der Waals surface area contributed by atoms with Crippen molar-refractivity contribution in [2.45, 2.75) is 12.5 Å². The maximum absolute atomic E-state index is 12.5. The van der Waals surface area contributed by atoms with E-state index >= 15 is 0 Å². The Balaban J connectivity index is 1.26. The molecule has 6 heteroatoms. The van der Waals surface area contributed by atoms with Gasteiger partial charge in [-0.2, -0.15) is 0 Å². The maximum atomic E-state index is 12.5. The van der Waals surface area contributed by atoms with Crippen LogP contribution in [0.2, 0.25) is 0 Å². The Bertz CT molecular complexity index is 1160. The molecule has 0 saturated carbocycles. The molecule has 3 aromatic carbocycles. The molecule has 0 spiro atoms. The fraction of sp³-hybridized carbons (Fsp3) is 0.0870. The molecule has 1 N–H and O–H groups in total. The number of carbonyl (C=O) groups excluding carboxylic acids is 1. The van der Waals surface area contributed by atoms with Gasteiger partial charge in [-0.25, -0.2) is 4.98 Å². The van der Waals surface area contributed by atoms with Crippen LogP contribution in [0.1, 0.15) is 18.1 Å². The van der Waals surface area contributed by atoms with Crippen LogP contribution in [-0.4, -0.2) is 16.6 Å². The number of oxazole rings is 1. The van der Waals surface area contributed by atoms with Crippen LogP contribution in [0.5, 0.6) is 0 Å². The molecule has 5 rings (SSSR count). The lowest BCUT2D eigenvalue weighted by molar-refractivity contribution is -0.110. The summed E-state index contributed by atoms with van der Waals surface area (Å²) in [7, 11) is 0. The number of aromatic nitrogens is 1. The molecule has 2 heterocycles. The molecule has 1 aliphatic heterocycles. The lowest BCUT2D eigenvalue weighted by Gasteiger charge is -2.07. The van der Waals surface area contributed by atoms with Crippen molar-refractivity contribution >= 4 is 28.4 Å². The summed E-state index contributed by atoms with van der Waals surface area (Å²) < 4.78 is 5.78. The second-order valence-electron chi connectivity index (χ2n) is 6.77. The molecule has 1 amide bonds. The molecule has 1 aliphatic rings. The van der Waals surface area contributed by atoms with Gasteiger partial charge in [0.25, 0.3) is 5.91 Å². The Hall–Kier alpha value is -3.93. The summed E-state index contributed by atoms with van der Waals surface area (Å²) >= 11 is 0. The van der Waals surface area contributed by atoms with Gasteiger partial charge in [0.15, 0.2) is 11.7 Å². The SMILES string of the molecule is O=C(Nc1ccc(-c2nc3ccccc3o2)cc1)C1=NOC(c2ccccc2)C1. The van der Waals surface area contributed by atoms with Crippen LogP contribution in [-0.2, 0) is 9.63 Å². The van der Waals surface area contributed by atoms with Crippen molar-refractivity contribution < 1.29 is 14.0 Å². The van der Waals surface area contributed by atoms with Gasteiger partial charge in [0, 0.05) is 17.7 Å². The molecule has 1 unspecified atom stereocenters. The van der Waals surface area contributed by atoms with Crippen LogP contribution in [0.3, 0.4) is 0 Å². The van der Waals surface area contributed by atoms with E-state index in [1.54, 1.807) is 0 Å². The Morgan fingerprint density at radius 1 is 0.931 bits per heavy atom. The zero-order chi connectivity index (χ0) is 19.6. The Labute approximate surface area is 166 Å². The van der Waals surface area contributed by atoms with Gasteiger partial charge in [0.1, 0.15) is 11.2 Å². The summed E-state index contributed by atoms with van der Waals surface area (Å²) in [6.07, 6.45) is 0.218. The minimum atomic E-state index is -0.266. The third kappa shape index (κ3) is 3.48. The maximum Gasteiger partial charge on any atom is 0.273 e. The van der Waals surface area contributed by atoms with Crippen molar-refractivity contribution in [3.8, 4) is 11.5 Å². The summed E-state index contributed by atoms with van der Waals surface area (Å²) in [4.78, 5) is 22.4. The number of rotatable bonds is 4. The van der Waals surface area contributed by atoms with E-state index in [2.05, 4.69) is 15.5 Å². The van der Waals surface area contributed by atoms with E-state index in [0.29, 0.717) is 23.7 Å². The van der Waals surface area contributed by atoms with Crippen molar-refractivity contribution in [3.05, 3.63) is 84.4 Å². The molecule has 29 heavy (non-hydrogen) atoms. The number of benzene rings is 3. The molecule has 0 aliphatic carbocycles. The average molecular weight is 383 g/mol. The number of nitrogens with one attached hydrogen (secondary N) is 1. The van der Waals surface area contributed by atoms with Gasteiger partial charge in [-0.1, -0.05) is 47.6 Å². The third-order valence-electron chi connectivity index (χ3n) is 4.79. The first-order valence-electron chi connectivity index (χ1n) is 9.31. The summed E-state index contributed by atoms with van der Waals surface area (Å²) in [6, 6.07) is 24.7. The van der Waals surface area contributed by atoms with Crippen LogP contribution in [0.15, 0.2) is 88.4 Å². The minimum absolute atomic E-state index is 0.224. The van der Waals surface area contributed by atoms with Gasteiger partial charge in [0.2, 0.25) is 5.89 Å². The van der Waals surface area contributed by atoms with Gasteiger partial charge in [-0.05, 0) is 42.0 Å². The molecule has 0 fully saturated rings. The largest absolute Gasteiger partial charge is 0.436 e. The molecule has 6 nitrogen and oxygen atoms in total. The van der Waals surface area contributed by atoms with E-state index in [4.69, 9.17) is 9.25 Å². The molecule has 142 valence electrons. The van der Waals surface area contributed by atoms with Gasteiger partial charge < -0.3 is 14.6 Å². The van der Waals surface area contributed by atoms with Crippen molar-refractivity contribution in [1.82, 2.24) is 4.98 Å². The first-order chi connectivity index (χ1) is 14.3. The van der Waals surface area contributed by atoms with Crippen LogP contribution < -0.4 is 5.32 Å². The van der Waals surface area contributed by atoms with Gasteiger partial charge in [-0.15, -0.1) is 0 Å². The standard InChI is InChI=1S/C23H17N3O3/c27-22(19-14-21(29-26-19)15-6-2-1-3-7-15)24-17-12-10-16(11-13-17)23-25-18-8-4-5-9-20(18)28-23/h1-13,21H,14H2,(H,24,27). The normalized spacial score (nSPS) is 15.7. The van der Waals surface area contributed by atoms with Crippen LogP contribution in [0.25, 0.3) is 22.6 Å². The van der Waals surface area contributed by atoms with Crippen LogP contribution >= 0.6 is 0 Å². The Morgan fingerprint density at radius 2 is 1.69 bits per heavy atom. The average Bonchev–Trinajstić information content (AvgIpc) is 3.42. The second kappa shape index (κ2) is 7.24. The monoisotopic (exact) mass is 383 g/mol. The number of nitrogens with zero attached hydrogens (tertiary/aromatic N) is 2. The van der Waals surface area contributed by atoms with E-state index < -0.39 is 0 Å². The quantitative estimate of drug-likeness (QED) is 0.541. The molecule has 0 bridgehead atoms. The van der Waals surface area contributed by atoms with Crippen molar-refractivity contribution in [1.29, 1.82) is 0 Å². The topological polar surface area (TPSA) is 76.7 Å². The predicted molar refractivity (Wildman–Crippen MR) is 110 cm³/mol. The molecule has 0 saturated heterocycles. The number of carbonyl (C=O) groups is 1. The highest BCUT2D eigenvalue weighted by atomic mass is 16.6.